The monoisotopic (exact) mass is 253 g/mol. The number of para-hydroxylation sites is 1. The summed E-state index contributed by atoms with van der Waals surface area (Å²) in [5.74, 6) is 0.855. The lowest BCUT2D eigenvalue weighted by Gasteiger charge is -2.29. The fourth-order valence-corrected chi connectivity index (χ4v) is 1.89. The van der Waals surface area contributed by atoms with E-state index >= 15 is 0 Å². The van der Waals surface area contributed by atoms with Gasteiger partial charge < -0.3 is 20.3 Å². The maximum atomic E-state index is 9.05. The first-order valence-electron chi connectivity index (χ1n) is 6.13. The Hall–Kier alpha value is -1.10. The van der Waals surface area contributed by atoms with Crippen molar-refractivity contribution < 1.29 is 14.9 Å². The van der Waals surface area contributed by atoms with Crippen molar-refractivity contribution in [1.82, 2.24) is 5.32 Å². The maximum Gasteiger partial charge on any atom is 0.122 e. The number of aliphatic hydroxyl groups is 2. The van der Waals surface area contributed by atoms with Crippen LogP contribution >= 0.6 is 0 Å². The lowest BCUT2D eigenvalue weighted by Crippen LogP contribution is -2.43. The fourth-order valence-electron chi connectivity index (χ4n) is 1.89. The molecule has 4 heteroatoms. The zero-order valence-corrected chi connectivity index (χ0v) is 11.3. The average Bonchev–Trinajstić information content (AvgIpc) is 2.39. The predicted octanol–water partition coefficient (Wildman–Crippen LogP) is 0.916. The minimum Gasteiger partial charge on any atom is -0.496 e. The van der Waals surface area contributed by atoms with Crippen LogP contribution < -0.4 is 10.1 Å². The Kier molecular flexibility index (Phi) is 5.59. The molecule has 0 unspecified atom stereocenters. The molecule has 0 atom stereocenters. The van der Waals surface area contributed by atoms with Gasteiger partial charge in [-0.15, -0.1) is 0 Å². The molecule has 0 spiro atoms. The van der Waals surface area contributed by atoms with Gasteiger partial charge in [0, 0.05) is 17.5 Å². The summed E-state index contributed by atoms with van der Waals surface area (Å²) >= 11 is 0. The second-order valence-corrected chi connectivity index (χ2v) is 5.03. The molecule has 102 valence electrons. The van der Waals surface area contributed by atoms with Gasteiger partial charge in [0.15, 0.2) is 0 Å². The van der Waals surface area contributed by atoms with Gasteiger partial charge in [0.05, 0.1) is 26.4 Å². The van der Waals surface area contributed by atoms with E-state index in [1.165, 1.54) is 0 Å². The maximum absolute atomic E-state index is 9.05. The average molecular weight is 253 g/mol. The normalized spacial score (nSPS) is 11.9. The number of hydrogen-bond acceptors (Lipinski definition) is 4. The van der Waals surface area contributed by atoms with Crippen molar-refractivity contribution in [3.8, 4) is 5.75 Å². The highest BCUT2D eigenvalue weighted by atomic mass is 16.5. The molecular weight excluding hydrogens is 230 g/mol. The smallest absolute Gasteiger partial charge is 0.122 e. The highest BCUT2D eigenvalue weighted by Crippen LogP contribution is 2.30. The van der Waals surface area contributed by atoms with E-state index in [1.54, 1.807) is 7.11 Å². The minimum absolute atomic E-state index is 0.0709. The Labute approximate surface area is 109 Å². The van der Waals surface area contributed by atoms with E-state index in [4.69, 9.17) is 14.9 Å². The Morgan fingerprint density at radius 3 is 2.39 bits per heavy atom. The number of benzene rings is 1. The summed E-state index contributed by atoms with van der Waals surface area (Å²) in [5.41, 5.74) is 0.962. The molecule has 3 N–H and O–H groups in total. The molecule has 0 radical (unpaired) electrons. The number of rotatable bonds is 7. The van der Waals surface area contributed by atoms with E-state index in [0.717, 1.165) is 11.3 Å². The van der Waals surface area contributed by atoms with Crippen molar-refractivity contribution in [2.45, 2.75) is 25.3 Å². The summed E-state index contributed by atoms with van der Waals surface area (Å²) in [6.07, 6.45) is 0. The summed E-state index contributed by atoms with van der Waals surface area (Å²) < 4.78 is 5.36. The summed E-state index contributed by atoms with van der Waals surface area (Å²) in [4.78, 5) is 0. The zero-order valence-electron chi connectivity index (χ0n) is 11.3. The third-order valence-electron chi connectivity index (χ3n) is 3.11. The number of hydrogen-bond donors (Lipinski definition) is 3. The van der Waals surface area contributed by atoms with Crippen LogP contribution in [0.2, 0.25) is 0 Å². The molecule has 0 saturated carbocycles. The first-order chi connectivity index (χ1) is 8.55. The summed E-state index contributed by atoms with van der Waals surface area (Å²) in [5, 5.41) is 21.2. The van der Waals surface area contributed by atoms with Crippen molar-refractivity contribution in [3.63, 3.8) is 0 Å². The van der Waals surface area contributed by atoms with Crippen LogP contribution in [0.25, 0.3) is 0 Å². The van der Waals surface area contributed by atoms with Gasteiger partial charge in [-0.05, 0) is 6.07 Å². The van der Waals surface area contributed by atoms with Gasteiger partial charge in [-0.2, -0.15) is 0 Å². The highest BCUT2D eigenvalue weighted by molar-refractivity contribution is 5.39. The number of aliphatic hydroxyl groups excluding tert-OH is 2. The second-order valence-electron chi connectivity index (χ2n) is 5.03. The van der Waals surface area contributed by atoms with Gasteiger partial charge in [-0.1, -0.05) is 32.0 Å². The SMILES string of the molecule is COc1ccccc1C(C)(C)CNC(CO)CO. The molecule has 0 bridgehead atoms. The van der Waals surface area contributed by atoms with Crippen LogP contribution in [0.1, 0.15) is 19.4 Å². The Bertz CT molecular complexity index is 362. The van der Waals surface area contributed by atoms with Crippen LogP contribution in [0.4, 0.5) is 0 Å². The molecule has 0 aliphatic heterocycles. The quantitative estimate of drug-likeness (QED) is 0.676. The molecule has 0 aromatic heterocycles. The van der Waals surface area contributed by atoms with Crippen LogP contribution in [0.15, 0.2) is 24.3 Å². The number of nitrogens with one attached hydrogen (secondary N) is 1. The Morgan fingerprint density at radius 1 is 1.22 bits per heavy atom. The van der Waals surface area contributed by atoms with Crippen LogP contribution in [0.5, 0.6) is 5.75 Å². The number of ether oxygens (including phenoxy) is 1. The van der Waals surface area contributed by atoms with Crippen molar-refractivity contribution in [3.05, 3.63) is 29.8 Å². The van der Waals surface area contributed by atoms with Gasteiger partial charge in [-0.3, -0.25) is 0 Å². The molecule has 0 aliphatic rings. The summed E-state index contributed by atoms with van der Waals surface area (Å²) in [6.45, 7) is 4.71. The van der Waals surface area contributed by atoms with Crippen molar-refractivity contribution in [1.29, 1.82) is 0 Å². The van der Waals surface area contributed by atoms with Gasteiger partial charge >= 0.3 is 0 Å². The Balaban J connectivity index is 2.78. The molecule has 0 amide bonds. The molecule has 0 saturated heterocycles. The van der Waals surface area contributed by atoms with Crippen LogP contribution in [0, 0.1) is 0 Å². The third kappa shape index (κ3) is 3.70. The highest BCUT2D eigenvalue weighted by Gasteiger charge is 2.24. The van der Waals surface area contributed by atoms with E-state index in [9.17, 15) is 0 Å². The van der Waals surface area contributed by atoms with Gasteiger partial charge in [-0.25, -0.2) is 0 Å². The first kappa shape index (κ1) is 15.0. The Morgan fingerprint density at radius 2 is 1.83 bits per heavy atom. The molecule has 0 fully saturated rings. The largest absolute Gasteiger partial charge is 0.496 e. The van der Waals surface area contributed by atoms with E-state index in [1.807, 2.05) is 24.3 Å². The molecule has 1 aromatic rings. The third-order valence-corrected chi connectivity index (χ3v) is 3.11. The molecular formula is C14H23NO3. The van der Waals surface area contributed by atoms with Crippen molar-refractivity contribution in [2.24, 2.45) is 0 Å². The van der Waals surface area contributed by atoms with Gasteiger partial charge in [0.1, 0.15) is 5.75 Å². The lowest BCUT2D eigenvalue weighted by atomic mass is 9.83. The van der Waals surface area contributed by atoms with Crippen LogP contribution in [-0.4, -0.2) is 43.1 Å². The van der Waals surface area contributed by atoms with E-state index in [-0.39, 0.29) is 24.7 Å². The summed E-state index contributed by atoms with van der Waals surface area (Å²) in [6, 6.07) is 7.62. The zero-order chi connectivity index (χ0) is 13.6. The van der Waals surface area contributed by atoms with Crippen LogP contribution in [-0.2, 0) is 5.41 Å². The van der Waals surface area contributed by atoms with Crippen molar-refractivity contribution in [2.75, 3.05) is 26.9 Å². The molecule has 1 aromatic carbocycles. The lowest BCUT2D eigenvalue weighted by molar-refractivity contribution is 0.166. The van der Waals surface area contributed by atoms with E-state index < -0.39 is 0 Å². The van der Waals surface area contributed by atoms with Crippen molar-refractivity contribution >= 4 is 0 Å². The fraction of sp³-hybridized carbons (Fsp3) is 0.571. The number of methoxy groups -OCH3 is 1. The van der Waals surface area contributed by atoms with Gasteiger partial charge in [0.25, 0.3) is 0 Å². The second kappa shape index (κ2) is 6.73. The van der Waals surface area contributed by atoms with Gasteiger partial charge in [0.2, 0.25) is 0 Å². The summed E-state index contributed by atoms with van der Waals surface area (Å²) in [7, 11) is 1.66. The first-order valence-corrected chi connectivity index (χ1v) is 6.13. The predicted molar refractivity (Wildman–Crippen MR) is 72.0 cm³/mol. The van der Waals surface area contributed by atoms with E-state index in [0.29, 0.717) is 6.54 Å². The molecule has 18 heavy (non-hydrogen) atoms. The topological polar surface area (TPSA) is 61.7 Å². The molecule has 0 aliphatic carbocycles. The molecule has 4 nitrogen and oxygen atoms in total. The minimum atomic E-state index is -0.279. The molecule has 1 rings (SSSR count). The molecule has 0 heterocycles. The standard InChI is InChI=1S/C14H23NO3/c1-14(2,10-15-11(8-16)9-17)12-6-4-5-7-13(12)18-3/h4-7,11,15-17H,8-10H2,1-3H3. The van der Waals surface area contributed by atoms with E-state index in [2.05, 4.69) is 19.2 Å². The van der Waals surface area contributed by atoms with Crippen LogP contribution in [0.3, 0.4) is 0 Å².